The number of pyridine rings is 1. The minimum absolute atomic E-state index is 0.868. The number of nitrogens with zero attached hydrogens (tertiary/aromatic N) is 1. The van der Waals surface area contributed by atoms with Crippen LogP contribution < -0.4 is 5.32 Å². The van der Waals surface area contributed by atoms with E-state index in [0.717, 1.165) is 24.3 Å². The first-order chi connectivity index (χ1) is 10.9. The van der Waals surface area contributed by atoms with E-state index in [9.17, 15) is 0 Å². The quantitative estimate of drug-likeness (QED) is 0.585. The highest BCUT2D eigenvalue weighted by Gasteiger charge is 2.03. The zero-order valence-electron chi connectivity index (χ0n) is 12.2. The van der Waals surface area contributed by atoms with Gasteiger partial charge in [0.05, 0.1) is 5.52 Å². The van der Waals surface area contributed by atoms with Crippen LogP contribution in [0.3, 0.4) is 0 Å². The third-order valence-corrected chi connectivity index (χ3v) is 3.97. The summed E-state index contributed by atoms with van der Waals surface area (Å²) in [6.45, 7) is 0.868. The van der Waals surface area contributed by atoms with E-state index < -0.39 is 0 Å². The molecule has 0 aliphatic carbocycles. The molecular weight excluding hydrogens is 270 g/mol. The second-order valence-electron chi connectivity index (χ2n) is 5.43. The maximum Gasteiger partial charge on any atom is 0.126 e. The number of fused-ring (bicyclic) bond motifs is 2. The molecule has 2 aromatic heterocycles. The van der Waals surface area contributed by atoms with E-state index in [1.165, 1.54) is 21.9 Å². The molecule has 0 bridgehead atoms. The minimum atomic E-state index is 0.868. The fourth-order valence-electron chi connectivity index (χ4n) is 2.83. The van der Waals surface area contributed by atoms with Crippen LogP contribution in [-0.2, 0) is 6.42 Å². The summed E-state index contributed by atoms with van der Waals surface area (Å²) in [5.41, 5.74) is 3.56. The van der Waals surface area contributed by atoms with Gasteiger partial charge in [-0.3, -0.25) is 0 Å². The van der Waals surface area contributed by atoms with Crippen LogP contribution in [0.1, 0.15) is 5.56 Å². The molecule has 0 saturated carbocycles. The Hall–Kier alpha value is -2.81. The van der Waals surface area contributed by atoms with Gasteiger partial charge in [0.2, 0.25) is 0 Å². The Kier molecular flexibility index (Phi) is 3.24. The molecule has 0 amide bonds. The van der Waals surface area contributed by atoms with Crippen molar-refractivity contribution in [3.05, 3.63) is 72.4 Å². The fourth-order valence-corrected chi connectivity index (χ4v) is 2.83. The topological polar surface area (TPSA) is 40.7 Å². The zero-order chi connectivity index (χ0) is 14.8. The highest BCUT2D eigenvalue weighted by Crippen LogP contribution is 2.18. The van der Waals surface area contributed by atoms with Crippen LogP contribution >= 0.6 is 0 Å². The van der Waals surface area contributed by atoms with Crippen LogP contribution in [-0.4, -0.2) is 16.5 Å². The highest BCUT2D eigenvalue weighted by molar-refractivity contribution is 5.83. The number of rotatable bonds is 4. The molecule has 3 nitrogen and oxygen atoms in total. The lowest BCUT2D eigenvalue weighted by atomic mass is 10.1. The summed E-state index contributed by atoms with van der Waals surface area (Å²) < 4.78 is 0. The third kappa shape index (κ3) is 2.42. The number of aromatic nitrogens is 2. The van der Waals surface area contributed by atoms with Crippen molar-refractivity contribution in [2.45, 2.75) is 6.42 Å². The first-order valence-corrected chi connectivity index (χ1v) is 7.55. The van der Waals surface area contributed by atoms with E-state index in [0.29, 0.717) is 0 Å². The minimum Gasteiger partial charge on any atom is -0.370 e. The molecule has 4 aromatic rings. The van der Waals surface area contributed by atoms with E-state index >= 15 is 0 Å². The predicted octanol–water partition coefficient (Wildman–Crippen LogP) is 4.37. The molecule has 2 aromatic carbocycles. The van der Waals surface area contributed by atoms with Gasteiger partial charge >= 0.3 is 0 Å². The predicted molar refractivity (Wildman–Crippen MR) is 92.2 cm³/mol. The van der Waals surface area contributed by atoms with Crippen molar-refractivity contribution in [2.24, 2.45) is 0 Å². The van der Waals surface area contributed by atoms with E-state index in [4.69, 9.17) is 0 Å². The smallest absolute Gasteiger partial charge is 0.126 e. The lowest BCUT2D eigenvalue weighted by Crippen LogP contribution is -2.05. The van der Waals surface area contributed by atoms with Gasteiger partial charge in [-0.1, -0.05) is 36.4 Å². The normalized spacial score (nSPS) is 11.1. The van der Waals surface area contributed by atoms with Crippen LogP contribution in [0, 0.1) is 0 Å². The van der Waals surface area contributed by atoms with Gasteiger partial charge in [-0.05, 0) is 36.2 Å². The van der Waals surface area contributed by atoms with E-state index in [-0.39, 0.29) is 0 Å². The second kappa shape index (κ2) is 5.53. The molecule has 0 radical (unpaired) electrons. The zero-order valence-corrected chi connectivity index (χ0v) is 12.2. The van der Waals surface area contributed by atoms with Crippen molar-refractivity contribution in [2.75, 3.05) is 11.9 Å². The third-order valence-electron chi connectivity index (χ3n) is 3.97. The van der Waals surface area contributed by atoms with Crippen molar-refractivity contribution in [3.63, 3.8) is 0 Å². The van der Waals surface area contributed by atoms with Gasteiger partial charge in [-0.15, -0.1) is 0 Å². The first kappa shape index (κ1) is 12.9. The number of nitrogens with one attached hydrogen (secondary N) is 2. The Morgan fingerprint density at radius 2 is 1.77 bits per heavy atom. The Morgan fingerprint density at radius 1 is 0.909 bits per heavy atom. The van der Waals surface area contributed by atoms with Crippen molar-refractivity contribution >= 4 is 27.6 Å². The Labute approximate surface area is 129 Å². The molecule has 0 aliphatic heterocycles. The van der Waals surface area contributed by atoms with Gasteiger partial charge in [0.15, 0.2) is 0 Å². The molecule has 2 N–H and O–H groups in total. The molecular formula is C19H17N3. The van der Waals surface area contributed by atoms with Gasteiger partial charge in [0, 0.05) is 29.0 Å². The largest absolute Gasteiger partial charge is 0.370 e. The molecule has 0 unspecified atom stereocenters. The Bertz CT molecular complexity index is 924. The average Bonchev–Trinajstić information content (AvgIpc) is 2.98. The van der Waals surface area contributed by atoms with E-state index in [2.05, 4.69) is 57.9 Å². The maximum atomic E-state index is 4.64. The van der Waals surface area contributed by atoms with Gasteiger partial charge in [-0.25, -0.2) is 4.98 Å². The van der Waals surface area contributed by atoms with Crippen molar-refractivity contribution in [1.29, 1.82) is 0 Å². The number of H-pyrrole nitrogens is 1. The standard InChI is InChI=1S/C19H17N3/c1-3-7-17-14(5-1)9-10-19(22-17)20-12-11-15-13-21-18-8-4-2-6-16(15)18/h1-10,13,21H,11-12H2,(H,20,22). The van der Waals surface area contributed by atoms with Gasteiger partial charge in [0.1, 0.15) is 5.82 Å². The Morgan fingerprint density at radius 3 is 2.77 bits per heavy atom. The lowest BCUT2D eigenvalue weighted by molar-refractivity contribution is 1.02. The van der Waals surface area contributed by atoms with Crippen molar-refractivity contribution in [3.8, 4) is 0 Å². The summed E-state index contributed by atoms with van der Waals surface area (Å²) in [4.78, 5) is 7.96. The first-order valence-electron chi connectivity index (χ1n) is 7.55. The summed E-state index contributed by atoms with van der Waals surface area (Å²) in [6, 6.07) is 20.7. The average molecular weight is 287 g/mol. The van der Waals surface area contributed by atoms with Crippen LogP contribution in [0.2, 0.25) is 0 Å². The molecule has 108 valence electrons. The number of benzene rings is 2. The summed E-state index contributed by atoms with van der Waals surface area (Å²) in [7, 11) is 0. The van der Waals surface area contributed by atoms with Gasteiger partial charge in [0.25, 0.3) is 0 Å². The van der Waals surface area contributed by atoms with Crippen LogP contribution in [0.25, 0.3) is 21.8 Å². The molecule has 0 fully saturated rings. The molecule has 0 atom stereocenters. The number of hydrogen-bond donors (Lipinski definition) is 2. The second-order valence-corrected chi connectivity index (χ2v) is 5.43. The van der Waals surface area contributed by atoms with E-state index in [1.54, 1.807) is 0 Å². The molecule has 3 heteroatoms. The fraction of sp³-hybridized carbons (Fsp3) is 0.105. The lowest BCUT2D eigenvalue weighted by Gasteiger charge is -2.06. The molecule has 2 heterocycles. The summed E-state index contributed by atoms with van der Waals surface area (Å²) in [5.74, 6) is 0.929. The number of aromatic amines is 1. The van der Waals surface area contributed by atoms with Crippen LogP contribution in [0.4, 0.5) is 5.82 Å². The van der Waals surface area contributed by atoms with Crippen molar-refractivity contribution < 1.29 is 0 Å². The molecule has 0 spiro atoms. The summed E-state index contributed by atoms with van der Waals surface area (Å²) >= 11 is 0. The van der Waals surface area contributed by atoms with Crippen LogP contribution in [0.5, 0.6) is 0 Å². The van der Waals surface area contributed by atoms with Gasteiger partial charge < -0.3 is 10.3 Å². The molecule has 22 heavy (non-hydrogen) atoms. The molecule has 4 rings (SSSR count). The SMILES string of the molecule is c1ccc2nc(NCCc3c[nH]c4ccccc34)ccc2c1. The monoisotopic (exact) mass is 287 g/mol. The molecule has 0 aliphatic rings. The summed E-state index contributed by atoms with van der Waals surface area (Å²) in [5, 5.41) is 5.89. The van der Waals surface area contributed by atoms with Crippen molar-refractivity contribution in [1.82, 2.24) is 9.97 Å². The van der Waals surface area contributed by atoms with Crippen LogP contribution in [0.15, 0.2) is 66.9 Å². The molecule has 0 saturated heterocycles. The van der Waals surface area contributed by atoms with Gasteiger partial charge in [-0.2, -0.15) is 0 Å². The number of anilines is 1. The summed E-state index contributed by atoms with van der Waals surface area (Å²) in [6.07, 6.45) is 3.07. The Balaban J connectivity index is 1.47. The van der Waals surface area contributed by atoms with E-state index in [1.807, 2.05) is 24.3 Å². The number of para-hydroxylation sites is 2. The number of hydrogen-bond acceptors (Lipinski definition) is 2. The highest BCUT2D eigenvalue weighted by atomic mass is 15.0. The maximum absolute atomic E-state index is 4.64.